The van der Waals surface area contributed by atoms with Gasteiger partial charge in [0.05, 0.1) is 11.6 Å². The first-order chi connectivity index (χ1) is 17.7. The van der Waals surface area contributed by atoms with Gasteiger partial charge in [-0.1, -0.05) is 30.3 Å². The Kier molecular flexibility index (Phi) is 11.7. The third-order valence-electron chi connectivity index (χ3n) is 4.22. The van der Waals surface area contributed by atoms with Gasteiger partial charge in [0.25, 0.3) is 5.91 Å². The summed E-state index contributed by atoms with van der Waals surface area (Å²) in [6, 6.07) is 16.9. The van der Waals surface area contributed by atoms with Gasteiger partial charge in [-0.2, -0.15) is 26.3 Å². The Balaban J connectivity index is 0.000000426. The monoisotopic (exact) mass is 546 g/mol. The fourth-order valence-electron chi connectivity index (χ4n) is 2.56. The van der Waals surface area contributed by atoms with Gasteiger partial charge < -0.3 is 20.8 Å². The molecule has 2 aromatic heterocycles. The van der Waals surface area contributed by atoms with Crippen molar-refractivity contribution in [2.75, 3.05) is 12.4 Å². The first-order valence-electron chi connectivity index (χ1n) is 10.2. The van der Waals surface area contributed by atoms with Gasteiger partial charge in [-0.3, -0.25) is 9.78 Å². The summed E-state index contributed by atoms with van der Waals surface area (Å²) >= 11 is 0. The molecular weight excluding hydrogens is 526 g/mol. The Morgan fingerprint density at radius 2 is 1.24 bits per heavy atom. The smallest absolute Gasteiger partial charge is 0.475 e. The lowest BCUT2D eigenvalue weighted by atomic mass is 9.99. The van der Waals surface area contributed by atoms with Gasteiger partial charge in [0.15, 0.2) is 0 Å². The van der Waals surface area contributed by atoms with Crippen LogP contribution in [0.3, 0.4) is 0 Å². The predicted octanol–water partition coefficient (Wildman–Crippen LogP) is 4.30. The van der Waals surface area contributed by atoms with E-state index in [1.54, 1.807) is 37.8 Å². The van der Waals surface area contributed by atoms with Crippen LogP contribution in [0.25, 0.3) is 0 Å². The molecule has 0 aliphatic rings. The largest absolute Gasteiger partial charge is 0.490 e. The number of amides is 1. The van der Waals surface area contributed by atoms with Crippen molar-refractivity contribution < 1.29 is 50.9 Å². The van der Waals surface area contributed by atoms with Crippen molar-refractivity contribution in [2.45, 2.75) is 18.4 Å². The Bertz CT molecular complexity index is 1130. The number of anilines is 1. The minimum Gasteiger partial charge on any atom is -0.475 e. The van der Waals surface area contributed by atoms with Crippen LogP contribution in [0.15, 0.2) is 73.2 Å². The molecule has 38 heavy (non-hydrogen) atoms. The van der Waals surface area contributed by atoms with Crippen LogP contribution < -0.4 is 10.6 Å². The molecule has 1 aromatic carbocycles. The van der Waals surface area contributed by atoms with E-state index in [2.05, 4.69) is 20.6 Å². The molecule has 3 rings (SSSR count). The number of aliphatic carboxylic acids is 2. The third kappa shape index (κ3) is 10.5. The second-order valence-electron chi connectivity index (χ2n) is 6.85. The van der Waals surface area contributed by atoms with Crippen LogP contribution in [-0.2, 0) is 9.59 Å². The Hall–Kier alpha value is -4.69. The predicted molar refractivity (Wildman–Crippen MR) is 121 cm³/mol. The van der Waals surface area contributed by atoms with Crippen molar-refractivity contribution in [3.63, 3.8) is 0 Å². The van der Waals surface area contributed by atoms with Gasteiger partial charge in [-0.05, 0) is 35.4 Å². The second-order valence-corrected chi connectivity index (χ2v) is 6.85. The average Bonchev–Trinajstić information content (AvgIpc) is 2.87. The fraction of sp³-hybridized carbons (Fsp3) is 0.174. The number of benzene rings is 1. The summed E-state index contributed by atoms with van der Waals surface area (Å²) in [6.07, 6.45) is -5.07. The number of nitrogens with one attached hydrogen (secondary N) is 2. The van der Waals surface area contributed by atoms with E-state index in [-0.39, 0.29) is 11.9 Å². The molecule has 0 aliphatic heterocycles. The molecule has 0 radical (unpaired) electrons. The second kappa shape index (κ2) is 14.2. The zero-order chi connectivity index (χ0) is 28.9. The van der Waals surface area contributed by atoms with E-state index in [1.165, 1.54) is 0 Å². The topological polar surface area (TPSA) is 142 Å². The molecule has 1 unspecified atom stereocenters. The highest BCUT2D eigenvalue weighted by molar-refractivity contribution is 5.99. The van der Waals surface area contributed by atoms with Crippen molar-refractivity contribution in [1.82, 2.24) is 15.3 Å². The third-order valence-corrected chi connectivity index (χ3v) is 4.22. The summed E-state index contributed by atoms with van der Waals surface area (Å²) < 4.78 is 63.5. The summed E-state index contributed by atoms with van der Waals surface area (Å²) in [6.45, 7) is 0. The van der Waals surface area contributed by atoms with E-state index in [0.717, 1.165) is 11.1 Å². The number of alkyl halides is 6. The summed E-state index contributed by atoms with van der Waals surface area (Å²) in [5, 5.41) is 20.3. The molecule has 0 saturated carbocycles. The highest BCUT2D eigenvalue weighted by atomic mass is 19.4. The van der Waals surface area contributed by atoms with Crippen molar-refractivity contribution >= 4 is 23.7 Å². The molecule has 15 heteroatoms. The number of carboxylic acid groups (broad SMARTS) is 2. The SMILES string of the molecule is CNc1ncccc1C(=O)NC(c1ccccc1)c1ccncc1.O=C(O)C(F)(F)F.O=C(O)C(F)(F)F. The highest BCUT2D eigenvalue weighted by Gasteiger charge is 2.38. The quantitative estimate of drug-likeness (QED) is 0.347. The van der Waals surface area contributed by atoms with Crippen molar-refractivity contribution in [3.05, 3.63) is 89.9 Å². The zero-order valence-electron chi connectivity index (χ0n) is 19.3. The van der Waals surface area contributed by atoms with Crippen LogP contribution >= 0.6 is 0 Å². The molecular formula is C23H20F6N4O5. The maximum Gasteiger partial charge on any atom is 0.490 e. The molecule has 2 heterocycles. The Morgan fingerprint density at radius 1 is 0.763 bits per heavy atom. The Labute approximate surface area is 211 Å². The number of carboxylic acids is 2. The van der Waals surface area contributed by atoms with Crippen molar-refractivity contribution in [2.24, 2.45) is 0 Å². The zero-order valence-corrected chi connectivity index (χ0v) is 19.3. The number of aromatic nitrogens is 2. The van der Waals surface area contributed by atoms with E-state index in [9.17, 15) is 31.1 Å². The molecule has 4 N–H and O–H groups in total. The average molecular weight is 546 g/mol. The standard InChI is InChI=1S/C19H18N4O.2C2HF3O2/c1-20-18-16(8-5-11-22-18)19(24)23-17(14-6-3-2-4-7-14)15-9-12-21-13-10-15;2*3-2(4,5)1(6)7/h2-13,17H,1H3,(H,20,22)(H,23,24);2*(H,6,7). The molecule has 0 spiro atoms. The normalized spacial score (nSPS) is 11.4. The minimum atomic E-state index is -5.08. The van der Waals surface area contributed by atoms with E-state index in [0.29, 0.717) is 11.4 Å². The van der Waals surface area contributed by atoms with Gasteiger partial charge in [-0.25, -0.2) is 14.6 Å². The maximum atomic E-state index is 12.8. The lowest BCUT2D eigenvalue weighted by Gasteiger charge is -2.20. The van der Waals surface area contributed by atoms with Crippen LogP contribution in [0.2, 0.25) is 0 Å². The van der Waals surface area contributed by atoms with Crippen LogP contribution in [0.4, 0.5) is 32.2 Å². The number of hydrogen-bond acceptors (Lipinski definition) is 6. The van der Waals surface area contributed by atoms with Gasteiger partial charge >= 0.3 is 24.3 Å². The molecule has 0 fully saturated rings. The first-order valence-corrected chi connectivity index (χ1v) is 10.2. The summed E-state index contributed by atoms with van der Waals surface area (Å²) in [5.41, 5.74) is 2.49. The Morgan fingerprint density at radius 3 is 1.68 bits per heavy atom. The lowest BCUT2D eigenvalue weighted by Crippen LogP contribution is -2.30. The summed E-state index contributed by atoms with van der Waals surface area (Å²) in [7, 11) is 1.75. The number of carbonyl (C=O) groups is 3. The molecule has 1 atom stereocenters. The number of hydrogen-bond donors (Lipinski definition) is 4. The highest BCUT2D eigenvalue weighted by Crippen LogP contribution is 2.23. The van der Waals surface area contributed by atoms with E-state index >= 15 is 0 Å². The molecule has 9 nitrogen and oxygen atoms in total. The fourth-order valence-corrected chi connectivity index (χ4v) is 2.56. The van der Waals surface area contributed by atoms with E-state index in [1.807, 2.05) is 42.5 Å². The number of halogens is 6. The number of nitrogens with zero attached hydrogens (tertiary/aromatic N) is 2. The van der Waals surface area contributed by atoms with E-state index in [4.69, 9.17) is 19.8 Å². The van der Waals surface area contributed by atoms with Crippen molar-refractivity contribution in [3.8, 4) is 0 Å². The van der Waals surface area contributed by atoms with Crippen LogP contribution in [0.5, 0.6) is 0 Å². The molecule has 3 aromatic rings. The molecule has 204 valence electrons. The van der Waals surface area contributed by atoms with Gasteiger partial charge in [0.1, 0.15) is 5.82 Å². The number of rotatable bonds is 5. The van der Waals surface area contributed by atoms with E-state index < -0.39 is 24.3 Å². The van der Waals surface area contributed by atoms with Crippen LogP contribution in [0.1, 0.15) is 27.5 Å². The molecule has 0 saturated heterocycles. The molecule has 0 bridgehead atoms. The number of carbonyl (C=O) groups excluding carboxylic acids is 1. The maximum absolute atomic E-state index is 12.8. The van der Waals surface area contributed by atoms with Gasteiger partial charge in [0.2, 0.25) is 0 Å². The first kappa shape index (κ1) is 31.3. The van der Waals surface area contributed by atoms with Gasteiger partial charge in [0, 0.05) is 25.6 Å². The minimum absolute atomic E-state index is 0.182. The molecule has 0 aliphatic carbocycles. The van der Waals surface area contributed by atoms with Crippen LogP contribution in [-0.4, -0.2) is 57.4 Å². The molecule has 1 amide bonds. The van der Waals surface area contributed by atoms with Crippen LogP contribution in [0, 0.1) is 0 Å². The number of pyridine rings is 2. The summed E-state index contributed by atoms with van der Waals surface area (Å²) in [5.74, 6) is -5.14. The summed E-state index contributed by atoms with van der Waals surface area (Å²) in [4.78, 5) is 38.8. The lowest BCUT2D eigenvalue weighted by molar-refractivity contribution is -0.193. The van der Waals surface area contributed by atoms with Gasteiger partial charge in [-0.15, -0.1) is 0 Å². The van der Waals surface area contributed by atoms with Crippen molar-refractivity contribution in [1.29, 1.82) is 0 Å².